The maximum atomic E-state index is 2.71. The molecule has 0 radical (unpaired) electrons. The van der Waals surface area contributed by atoms with Crippen LogP contribution in [-0.2, 0) is 0 Å². The maximum absolute atomic E-state index is 2.71. The van der Waals surface area contributed by atoms with E-state index in [0.717, 1.165) is 11.8 Å². The van der Waals surface area contributed by atoms with Crippen molar-refractivity contribution < 1.29 is 0 Å². The lowest BCUT2D eigenvalue weighted by Crippen LogP contribution is -2.25. The Labute approximate surface area is 94.6 Å². The van der Waals surface area contributed by atoms with E-state index >= 15 is 0 Å². The molecule has 2 fully saturated rings. The van der Waals surface area contributed by atoms with Gasteiger partial charge in [0.2, 0.25) is 0 Å². The highest BCUT2D eigenvalue weighted by Crippen LogP contribution is 2.35. The summed E-state index contributed by atoms with van der Waals surface area (Å²) in [6.45, 7) is 5.37. The quantitative estimate of drug-likeness (QED) is 0.701. The predicted octanol–water partition coefficient (Wildman–Crippen LogP) is 2.06. The zero-order valence-electron chi connectivity index (χ0n) is 10.4. The molecule has 2 heteroatoms. The Morgan fingerprint density at radius 3 is 2.20 bits per heavy atom. The van der Waals surface area contributed by atoms with Crippen LogP contribution in [0.25, 0.3) is 0 Å². The van der Waals surface area contributed by atoms with Crippen molar-refractivity contribution in [3.05, 3.63) is 0 Å². The van der Waals surface area contributed by atoms with Crippen molar-refractivity contribution in [2.24, 2.45) is 11.8 Å². The zero-order chi connectivity index (χ0) is 10.7. The van der Waals surface area contributed by atoms with Crippen molar-refractivity contribution in [2.45, 2.75) is 32.1 Å². The molecule has 0 unspecified atom stereocenters. The molecular weight excluding hydrogens is 184 g/mol. The molecule has 0 amide bonds. The van der Waals surface area contributed by atoms with Crippen LogP contribution >= 0.6 is 0 Å². The van der Waals surface area contributed by atoms with E-state index in [-0.39, 0.29) is 0 Å². The number of rotatable bonds is 4. The number of hydrogen-bond donors (Lipinski definition) is 0. The van der Waals surface area contributed by atoms with Crippen molar-refractivity contribution >= 4 is 0 Å². The van der Waals surface area contributed by atoms with Crippen LogP contribution in [0.2, 0.25) is 0 Å². The van der Waals surface area contributed by atoms with Crippen LogP contribution in [0.4, 0.5) is 0 Å². The van der Waals surface area contributed by atoms with Crippen molar-refractivity contribution in [3.8, 4) is 0 Å². The molecule has 0 aromatic rings. The second-order valence-corrected chi connectivity index (χ2v) is 5.72. The lowest BCUT2D eigenvalue weighted by molar-refractivity contribution is 0.291. The highest BCUT2D eigenvalue weighted by atomic mass is 15.2. The standard InChI is InChI=1S/C13H26N2/c1-14(2)8-5-9-15-10-12-6-3-4-7-13(12)11-15/h12-13H,3-11H2,1-2H3/t12-,13-/m1/s1. The van der Waals surface area contributed by atoms with Gasteiger partial charge in [0.25, 0.3) is 0 Å². The van der Waals surface area contributed by atoms with Gasteiger partial charge >= 0.3 is 0 Å². The summed E-state index contributed by atoms with van der Waals surface area (Å²) in [5, 5.41) is 0. The second kappa shape index (κ2) is 5.31. The molecule has 0 spiro atoms. The van der Waals surface area contributed by atoms with Gasteiger partial charge in [0.05, 0.1) is 0 Å². The van der Waals surface area contributed by atoms with E-state index in [1.807, 2.05) is 0 Å². The summed E-state index contributed by atoms with van der Waals surface area (Å²) in [5.41, 5.74) is 0. The molecule has 0 aromatic carbocycles. The molecule has 2 atom stereocenters. The van der Waals surface area contributed by atoms with E-state index in [9.17, 15) is 0 Å². The monoisotopic (exact) mass is 210 g/mol. The summed E-state index contributed by atoms with van der Waals surface area (Å²) in [6, 6.07) is 0. The minimum absolute atomic E-state index is 1.05. The summed E-state index contributed by atoms with van der Waals surface area (Å²) >= 11 is 0. The van der Waals surface area contributed by atoms with Gasteiger partial charge in [-0.3, -0.25) is 0 Å². The fourth-order valence-electron chi connectivity index (χ4n) is 3.30. The molecule has 1 aliphatic carbocycles. The highest BCUT2D eigenvalue weighted by Gasteiger charge is 2.33. The maximum Gasteiger partial charge on any atom is 0.00129 e. The third kappa shape index (κ3) is 3.18. The normalized spacial score (nSPS) is 32.2. The molecule has 1 saturated heterocycles. The van der Waals surface area contributed by atoms with Crippen LogP contribution in [0.5, 0.6) is 0 Å². The molecule has 1 saturated carbocycles. The van der Waals surface area contributed by atoms with Crippen molar-refractivity contribution in [1.82, 2.24) is 9.80 Å². The average molecular weight is 210 g/mol. The van der Waals surface area contributed by atoms with Gasteiger partial charge < -0.3 is 9.80 Å². The first-order valence-corrected chi connectivity index (χ1v) is 6.63. The van der Waals surface area contributed by atoms with Crippen LogP contribution in [-0.4, -0.2) is 50.1 Å². The number of likely N-dealkylation sites (tertiary alicyclic amines) is 1. The summed E-state index contributed by atoms with van der Waals surface area (Å²) in [6.07, 6.45) is 7.34. The average Bonchev–Trinajstić information content (AvgIpc) is 2.59. The molecule has 0 bridgehead atoms. The van der Waals surface area contributed by atoms with E-state index in [0.29, 0.717) is 0 Å². The fourth-order valence-corrected chi connectivity index (χ4v) is 3.30. The fraction of sp³-hybridized carbons (Fsp3) is 1.00. The van der Waals surface area contributed by atoms with Crippen LogP contribution in [0, 0.1) is 11.8 Å². The molecule has 0 N–H and O–H groups in total. The molecule has 2 aliphatic rings. The first-order valence-electron chi connectivity index (χ1n) is 6.63. The Kier molecular flexibility index (Phi) is 4.04. The lowest BCUT2D eigenvalue weighted by Gasteiger charge is -2.23. The third-order valence-corrected chi connectivity index (χ3v) is 4.13. The minimum atomic E-state index is 1.05. The first kappa shape index (κ1) is 11.4. The predicted molar refractivity (Wildman–Crippen MR) is 65.1 cm³/mol. The van der Waals surface area contributed by atoms with Gasteiger partial charge in [0.15, 0.2) is 0 Å². The Balaban J connectivity index is 1.67. The molecular formula is C13H26N2. The van der Waals surface area contributed by atoms with Gasteiger partial charge in [-0.15, -0.1) is 0 Å². The summed E-state index contributed by atoms with van der Waals surface area (Å²) in [4.78, 5) is 5.01. The molecule has 15 heavy (non-hydrogen) atoms. The topological polar surface area (TPSA) is 6.48 Å². The largest absolute Gasteiger partial charge is 0.309 e. The van der Waals surface area contributed by atoms with E-state index in [2.05, 4.69) is 23.9 Å². The molecule has 0 aromatic heterocycles. The lowest BCUT2D eigenvalue weighted by atomic mass is 9.82. The van der Waals surface area contributed by atoms with Gasteiger partial charge in [0, 0.05) is 13.1 Å². The van der Waals surface area contributed by atoms with Crippen molar-refractivity contribution in [3.63, 3.8) is 0 Å². The smallest absolute Gasteiger partial charge is 0.00129 e. The summed E-state index contributed by atoms with van der Waals surface area (Å²) < 4.78 is 0. The SMILES string of the molecule is CN(C)CCCN1C[C@H]2CCCC[C@@H]2C1. The van der Waals surface area contributed by atoms with Crippen LogP contribution in [0.1, 0.15) is 32.1 Å². The van der Waals surface area contributed by atoms with Crippen LogP contribution < -0.4 is 0 Å². The Morgan fingerprint density at radius 2 is 1.67 bits per heavy atom. The number of fused-ring (bicyclic) bond motifs is 1. The number of hydrogen-bond acceptors (Lipinski definition) is 2. The zero-order valence-corrected chi connectivity index (χ0v) is 10.4. The molecule has 88 valence electrons. The molecule has 1 aliphatic heterocycles. The molecule has 1 heterocycles. The molecule has 2 rings (SSSR count). The van der Waals surface area contributed by atoms with Crippen LogP contribution in [0.15, 0.2) is 0 Å². The summed E-state index contributed by atoms with van der Waals surface area (Å²) in [5.74, 6) is 2.11. The first-order chi connectivity index (χ1) is 7.25. The Hall–Kier alpha value is -0.0800. The molecule has 2 nitrogen and oxygen atoms in total. The van der Waals surface area contributed by atoms with E-state index in [4.69, 9.17) is 0 Å². The van der Waals surface area contributed by atoms with Gasteiger partial charge in [-0.2, -0.15) is 0 Å². The minimum Gasteiger partial charge on any atom is -0.309 e. The van der Waals surface area contributed by atoms with Crippen molar-refractivity contribution in [2.75, 3.05) is 40.3 Å². The van der Waals surface area contributed by atoms with E-state index in [1.165, 1.54) is 58.3 Å². The van der Waals surface area contributed by atoms with Crippen LogP contribution in [0.3, 0.4) is 0 Å². The van der Waals surface area contributed by atoms with E-state index < -0.39 is 0 Å². The van der Waals surface area contributed by atoms with Gasteiger partial charge in [-0.05, 0) is 58.3 Å². The highest BCUT2D eigenvalue weighted by molar-refractivity contribution is 4.86. The van der Waals surface area contributed by atoms with Gasteiger partial charge in [-0.25, -0.2) is 0 Å². The van der Waals surface area contributed by atoms with Gasteiger partial charge in [0.1, 0.15) is 0 Å². The summed E-state index contributed by atoms with van der Waals surface area (Å²) in [7, 11) is 4.34. The Bertz CT molecular complexity index is 177. The van der Waals surface area contributed by atoms with Crippen molar-refractivity contribution in [1.29, 1.82) is 0 Å². The third-order valence-electron chi connectivity index (χ3n) is 4.13. The number of nitrogens with zero attached hydrogens (tertiary/aromatic N) is 2. The second-order valence-electron chi connectivity index (χ2n) is 5.72. The van der Waals surface area contributed by atoms with Gasteiger partial charge in [-0.1, -0.05) is 12.8 Å². The Morgan fingerprint density at radius 1 is 1.07 bits per heavy atom. The van der Waals surface area contributed by atoms with E-state index in [1.54, 1.807) is 0 Å².